The summed E-state index contributed by atoms with van der Waals surface area (Å²) in [4.78, 5) is 9.93. The third kappa shape index (κ3) is 4.48. The fraction of sp³-hybridized carbons (Fsp3) is 0.133. The molecule has 0 amide bonds. The van der Waals surface area contributed by atoms with E-state index in [4.69, 9.17) is 0 Å². The second-order valence-electron chi connectivity index (χ2n) is 4.88. The monoisotopic (exact) mass is 358 g/mol. The molecular formula is C15H11F3NO4S-. The van der Waals surface area contributed by atoms with Crippen LogP contribution in [0.1, 0.15) is 11.1 Å². The lowest BCUT2D eigenvalue weighted by atomic mass is 10.1. The maximum atomic E-state index is 12.7. The SMILES string of the molecule is O=C([O-])Cc1ccc(NS(=O)(=O)c2cccc(C(F)(F)F)c2)cc1. The van der Waals surface area contributed by atoms with Gasteiger partial charge in [-0.1, -0.05) is 18.2 Å². The van der Waals surface area contributed by atoms with Gasteiger partial charge in [-0.15, -0.1) is 0 Å². The molecule has 5 nitrogen and oxygen atoms in total. The molecule has 0 aromatic heterocycles. The van der Waals surface area contributed by atoms with Crippen molar-refractivity contribution in [1.29, 1.82) is 0 Å². The Morgan fingerprint density at radius 1 is 1.08 bits per heavy atom. The summed E-state index contributed by atoms with van der Waals surface area (Å²) in [6, 6.07) is 8.72. The number of carbonyl (C=O) groups excluding carboxylic acids is 1. The molecule has 0 aliphatic heterocycles. The zero-order chi connectivity index (χ0) is 18.0. The first-order valence-corrected chi connectivity index (χ1v) is 8.05. The van der Waals surface area contributed by atoms with Gasteiger partial charge in [0.2, 0.25) is 0 Å². The highest BCUT2D eigenvalue weighted by molar-refractivity contribution is 7.92. The number of anilines is 1. The Balaban J connectivity index is 2.24. The van der Waals surface area contributed by atoms with Crippen LogP contribution in [0.3, 0.4) is 0 Å². The van der Waals surface area contributed by atoms with Gasteiger partial charge in [-0.2, -0.15) is 13.2 Å². The molecule has 0 radical (unpaired) electrons. The minimum atomic E-state index is -4.65. The van der Waals surface area contributed by atoms with E-state index < -0.39 is 32.6 Å². The zero-order valence-corrected chi connectivity index (χ0v) is 12.8. The molecule has 9 heteroatoms. The van der Waals surface area contributed by atoms with Crippen molar-refractivity contribution < 1.29 is 31.5 Å². The Bertz CT molecular complexity index is 846. The normalized spacial score (nSPS) is 12.0. The number of halogens is 3. The molecule has 0 saturated heterocycles. The van der Waals surface area contributed by atoms with Crippen LogP contribution in [-0.2, 0) is 27.4 Å². The van der Waals surface area contributed by atoms with E-state index in [9.17, 15) is 31.5 Å². The van der Waals surface area contributed by atoms with Crippen molar-refractivity contribution in [2.24, 2.45) is 0 Å². The van der Waals surface area contributed by atoms with Crippen LogP contribution >= 0.6 is 0 Å². The van der Waals surface area contributed by atoms with Gasteiger partial charge in [-0.05, 0) is 35.9 Å². The first-order chi connectivity index (χ1) is 11.1. The van der Waals surface area contributed by atoms with Crippen LogP contribution in [0.25, 0.3) is 0 Å². The summed E-state index contributed by atoms with van der Waals surface area (Å²) in [5.74, 6) is -1.28. The van der Waals surface area contributed by atoms with Crippen molar-refractivity contribution in [3.05, 3.63) is 59.7 Å². The van der Waals surface area contributed by atoms with Gasteiger partial charge in [-0.3, -0.25) is 4.72 Å². The molecule has 0 heterocycles. The van der Waals surface area contributed by atoms with Gasteiger partial charge in [0.25, 0.3) is 10.0 Å². The fourth-order valence-electron chi connectivity index (χ4n) is 1.91. The summed E-state index contributed by atoms with van der Waals surface area (Å²) >= 11 is 0. The Morgan fingerprint density at radius 3 is 2.25 bits per heavy atom. The molecular weight excluding hydrogens is 347 g/mol. The van der Waals surface area contributed by atoms with E-state index in [1.165, 1.54) is 24.3 Å². The van der Waals surface area contributed by atoms with Crippen LogP contribution in [0.2, 0.25) is 0 Å². The summed E-state index contributed by atoms with van der Waals surface area (Å²) in [7, 11) is -4.21. The van der Waals surface area contributed by atoms with Crippen LogP contribution in [0.5, 0.6) is 0 Å². The number of rotatable bonds is 5. The molecule has 0 atom stereocenters. The average molecular weight is 358 g/mol. The number of carbonyl (C=O) groups is 1. The lowest BCUT2D eigenvalue weighted by Gasteiger charge is -2.11. The highest BCUT2D eigenvalue weighted by Crippen LogP contribution is 2.30. The molecule has 2 rings (SSSR count). The van der Waals surface area contributed by atoms with E-state index in [0.717, 1.165) is 18.2 Å². The van der Waals surface area contributed by atoms with E-state index in [0.29, 0.717) is 11.6 Å². The zero-order valence-electron chi connectivity index (χ0n) is 12.0. The van der Waals surface area contributed by atoms with Gasteiger partial charge in [0.15, 0.2) is 0 Å². The van der Waals surface area contributed by atoms with Crippen molar-refractivity contribution in [3.8, 4) is 0 Å². The third-order valence-corrected chi connectivity index (χ3v) is 4.41. The second kappa shape index (κ2) is 6.52. The molecule has 0 spiro atoms. The standard InChI is InChI=1S/C15H12F3NO4S/c16-15(17,18)11-2-1-3-13(9-11)24(22,23)19-12-6-4-10(5-7-12)8-14(20)21/h1-7,9,19H,8H2,(H,20,21)/p-1. The smallest absolute Gasteiger partial charge is 0.416 e. The molecule has 0 saturated carbocycles. The fourth-order valence-corrected chi connectivity index (χ4v) is 3.02. The van der Waals surface area contributed by atoms with Crippen molar-refractivity contribution in [2.75, 3.05) is 4.72 Å². The number of nitrogens with one attached hydrogen (secondary N) is 1. The Morgan fingerprint density at radius 2 is 1.71 bits per heavy atom. The summed E-state index contributed by atoms with van der Waals surface area (Å²) in [6.45, 7) is 0. The molecule has 2 aromatic carbocycles. The maximum Gasteiger partial charge on any atom is 0.416 e. The number of carboxylic acids is 1. The van der Waals surface area contributed by atoms with Gasteiger partial charge in [0.1, 0.15) is 0 Å². The highest BCUT2D eigenvalue weighted by Gasteiger charge is 2.31. The van der Waals surface area contributed by atoms with Gasteiger partial charge in [-0.25, -0.2) is 8.42 Å². The molecule has 0 unspecified atom stereocenters. The van der Waals surface area contributed by atoms with E-state index in [2.05, 4.69) is 4.72 Å². The van der Waals surface area contributed by atoms with Crippen molar-refractivity contribution >= 4 is 21.7 Å². The average Bonchev–Trinajstić information content (AvgIpc) is 2.48. The number of carboxylic acid groups (broad SMARTS) is 1. The van der Waals surface area contributed by atoms with Crippen LogP contribution in [0, 0.1) is 0 Å². The minimum absolute atomic E-state index is 0.0921. The predicted octanol–water partition coefficient (Wildman–Crippen LogP) is 1.80. The summed E-state index contributed by atoms with van der Waals surface area (Å²) < 4.78 is 64.4. The molecule has 24 heavy (non-hydrogen) atoms. The van der Waals surface area contributed by atoms with Crippen molar-refractivity contribution in [3.63, 3.8) is 0 Å². The van der Waals surface area contributed by atoms with E-state index in [-0.39, 0.29) is 12.1 Å². The first kappa shape index (κ1) is 17.8. The molecule has 0 bridgehead atoms. The summed E-state index contributed by atoms with van der Waals surface area (Å²) in [5.41, 5.74) is -0.582. The molecule has 0 fully saturated rings. The number of hydrogen-bond donors (Lipinski definition) is 1. The van der Waals surface area contributed by atoms with Gasteiger partial charge in [0.05, 0.1) is 10.5 Å². The number of aliphatic carboxylic acids is 1. The summed E-state index contributed by atoms with van der Waals surface area (Å²) in [5, 5.41) is 10.5. The number of sulfonamides is 1. The first-order valence-electron chi connectivity index (χ1n) is 6.57. The van der Waals surface area contributed by atoms with Crippen LogP contribution in [0.4, 0.5) is 18.9 Å². The Kier molecular flexibility index (Phi) is 4.83. The molecule has 2 aromatic rings. The quantitative estimate of drug-likeness (QED) is 0.883. The highest BCUT2D eigenvalue weighted by atomic mass is 32.2. The molecule has 1 N–H and O–H groups in total. The van der Waals surface area contributed by atoms with E-state index in [1.807, 2.05) is 0 Å². The minimum Gasteiger partial charge on any atom is -0.550 e. The van der Waals surface area contributed by atoms with Crippen LogP contribution < -0.4 is 9.83 Å². The third-order valence-electron chi connectivity index (χ3n) is 3.03. The topological polar surface area (TPSA) is 86.3 Å². The van der Waals surface area contributed by atoms with Gasteiger partial charge in [0, 0.05) is 18.1 Å². The lowest BCUT2D eigenvalue weighted by molar-refractivity contribution is -0.304. The van der Waals surface area contributed by atoms with Crippen molar-refractivity contribution in [1.82, 2.24) is 0 Å². The van der Waals surface area contributed by atoms with Crippen LogP contribution in [0.15, 0.2) is 53.4 Å². The van der Waals surface area contributed by atoms with Crippen molar-refractivity contribution in [2.45, 2.75) is 17.5 Å². The van der Waals surface area contributed by atoms with Crippen LogP contribution in [-0.4, -0.2) is 14.4 Å². The molecule has 0 aliphatic rings. The van der Waals surface area contributed by atoms with E-state index >= 15 is 0 Å². The number of hydrogen-bond acceptors (Lipinski definition) is 4. The molecule has 0 aliphatic carbocycles. The number of alkyl halides is 3. The predicted molar refractivity (Wildman–Crippen MR) is 77.4 cm³/mol. The number of benzene rings is 2. The molecule has 128 valence electrons. The Hall–Kier alpha value is -2.55. The van der Waals surface area contributed by atoms with Gasteiger partial charge >= 0.3 is 6.18 Å². The van der Waals surface area contributed by atoms with Gasteiger partial charge < -0.3 is 9.90 Å². The second-order valence-corrected chi connectivity index (χ2v) is 6.56. The summed E-state index contributed by atoms with van der Waals surface area (Å²) in [6.07, 6.45) is -4.99. The van der Waals surface area contributed by atoms with E-state index in [1.54, 1.807) is 0 Å². The largest absolute Gasteiger partial charge is 0.550 e. The Labute approximate surface area is 135 Å². The maximum absolute atomic E-state index is 12.7. The lowest BCUT2D eigenvalue weighted by Crippen LogP contribution is -2.24.